The Morgan fingerprint density at radius 2 is 1.89 bits per heavy atom. The normalized spacial score (nSPS) is 18.4. The number of thioether (sulfide) groups is 1. The van der Waals surface area contributed by atoms with Gasteiger partial charge in [-0.05, 0) is 42.9 Å². The number of ether oxygens (including phenoxy) is 1. The zero-order valence-electron chi connectivity index (χ0n) is 21.3. The first-order valence-corrected chi connectivity index (χ1v) is 13.1. The minimum absolute atomic E-state index is 0.0583. The topological polar surface area (TPSA) is 84.1 Å². The summed E-state index contributed by atoms with van der Waals surface area (Å²) in [6, 6.07) is 14.0. The van der Waals surface area contributed by atoms with E-state index in [9.17, 15) is 9.59 Å². The average molecular weight is 502 g/mol. The summed E-state index contributed by atoms with van der Waals surface area (Å²) in [5.74, 6) is 1.38. The molecule has 6 nitrogen and oxygen atoms in total. The summed E-state index contributed by atoms with van der Waals surface area (Å²) in [6.07, 6.45) is 1.14. The maximum atomic E-state index is 13.6. The standard InChI is InChI=1S/C29H31N3O3S/c1-16-10-11-18(17(2)12-16)15-36-28-31-26-25(27(34)32-28)23(19-8-6-7-9-22(19)35-5)24-20(30-26)13-29(3,4)14-21(24)33/h6-12,23H,13-15H2,1-5H3,(H2,30,31,32,34)/t23-/m1/s1. The van der Waals surface area contributed by atoms with Crippen molar-refractivity contribution in [3.05, 3.63) is 91.9 Å². The van der Waals surface area contributed by atoms with E-state index in [-0.39, 0.29) is 16.8 Å². The molecule has 1 aliphatic carbocycles. The van der Waals surface area contributed by atoms with Crippen LogP contribution in [0.25, 0.3) is 0 Å². The molecule has 2 aliphatic rings. The number of carbonyl (C=O) groups is 1. The summed E-state index contributed by atoms with van der Waals surface area (Å²) in [5.41, 5.74) is 5.99. The lowest BCUT2D eigenvalue weighted by molar-refractivity contribution is -0.118. The number of hydrogen-bond acceptors (Lipinski definition) is 6. The Morgan fingerprint density at radius 1 is 1.11 bits per heavy atom. The fourth-order valence-electron chi connectivity index (χ4n) is 5.33. The molecule has 2 heterocycles. The SMILES string of the molecule is COc1ccccc1[C@@H]1C2=C(CC(C)(C)CC2=O)Nc2nc(SCc3ccc(C)cc3C)[nH]c(=O)c21. The van der Waals surface area contributed by atoms with Gasteiger partial charge in [-0.15, -0.1) is 0 Å². The number of nitrogens with zero attached hydrogens (tertiary/aromatic N) is 1. The van der Waals surface area contributed by atoms with Gasteiger partial charge in [-0.25, -0.2) is 4.98 Å². The van der Waals surface area contributed by atoms with Gasteiger partial charge in [-0.3, -0.25) is 9.59 Å². The number of hydrogen-bond donors (Lipinski definition) is 2. The van der Waals surface area contributed by atoms with Gasteiger partial charge in [0.25, 0.3) is 5.56 Å². The molecule has 1 aliphatic heterocycles. The van der Waals surface area contributed by atoms with Crippen LogP contribution in [0, 0.1) is 19.3 Å². The van der Waals surface area contributed by atoms with Crippen molar-refractivity contribution in [2.24, 2.45) is 5.41 Å². The number of methoxy groups -OCH3 is 1. The quantitative estimate of drug-likeness (QED) is 0.335. The second-order valence-electron chi connectivity index (χ2n) is 10.5. The van der Waals surface area contributed by atoms with E-state index in [1.54, 1.807) is 7.11 Å². The number of anilines is 1. The second-order valence-corrected chi connectivity index (χ2v) is 11.4. The molecule has 0 fully saturated rings. The van der Waals surface area contributed by atoms with Crippen LogP contribution >= 0.6 is 11.8 Å². The van der Waals surface area contributed by atoms with Crippen LogP contribution in [0.4, 0.5) is 5.82 Å². The molecule has 0 bridgehead atoms. The molecule has 1 atom stereocenters. The zero-order valence-corrected chi connectivity index (χ0v) is 22.1. The van der Waals surface area contributed by atoms with E-state index in [0.29, 0.717) is 46.5 Å². The van der Waals surface area contributed by atoms with E-state index < -0.39 is 5.92 Å². The van der Waals surface area contributed by atoms with Crippen molar-refractivity contribution in [3.63, 3.8) is 0 Å². The van der Waals surface area contributed by atoms with Gasteiger partial charge in [0.1, 0.15) is 11.6 Å². The highest BCUT2D eigenvalue weighted by atomic mass is 32.2. The molecule has 0 unspecified atom stereocenters. The number of benzene rings is 2. The number of fused-ring (bicyclic) bond motifs is 1. The Balaban J connectivity index is 1.60. The van der Waals surface area contributed by atoms with Crippen LogP contribution in [0.15, 0.2) is 63.7 Å². The number of rotatable bonds is 5. The third-order valence-electron chi connectivity index (χ3n) is 7.01. The molecular weight excluding hydrogens is 470 g/mol. The predicted molar refractivity (Wildman–Crippen MR) is 144 cm³/mol. The number of carbonyl (C=O) groups excluding carboxylic acids is 1. The molecule has 0 amide bonds. The molecule has 2 aromatic carbocycles. The highest BCUT2D eigenvalue weighted by Gasteiger charge is 2.43. The highest BCUT2D eigenvalue weighted by molar-refractivity contribution is 7.98. The van der Waals surface area contributed by atoms with Crippen molar-refractivity contribution in [1.82, 2.24) is 9.97 Å². The van der Waals surface area contributed by atoms with Crippen molar-refractivity contribution >= 4 is 23.4 Å². The first-order valence-electron chi connectivity index (χ1n) is 12.2. The van der Waals surface area contributed by atoms with Gasteiger partial charge in [0.2, 0.25) is 0 Å². The Morgan fingerprint density at radius 3 is 2.64 bits per heavy atom. The number of Topliss-reactive ketones (excluding diaryl/α,β-unsaturated/α-hetero) is 1. The maximum Gasteiger partial charge on any atom is 0.257 e. The lowest BCUT2D eigenvalue weighted by Gasteiger charge is -2.38. The van der Waals surface area contributed by atoms with Gasteiger partial charge >= 0.3 is 0 Å². The van der Waals surface area contributed by atoms with Crippen molar-refractivity contribution < 1.29 is 9.53 Å². The molecule has 1 aromatic heterocycles. The molecule has 36 heavy (non-hydrogen) atoms. The van der Waals surface area contributed by atoms with E-state index in [1.165, 1.54) is 28.5 Å². The Bertz CT molecular complexity index is 1450. The van der Waals surface area contributed by atoms with Gasteiger partial charge in [-0.2, -0.15) is 0 Å². The number of aromatic nitrogens is 2. The van der Waals surface area contributed by atoms with Crippen molar-refractivity contribution in [2.45, 2.75) is 57.4 Å². The summed E-state index contributed by atoms with van der Waals surface area (Å²) in [5, 5.41) is 3.95. The lowest BCUT2D eigenvalue weighted by Crippen LogP contribution is -2.37. The Hall–Kier alpha value is -3.32. The Labute approximate surface area is 215 Å². The van der Waals surface area contributed by atoms with Crippen molar-refractivity contribution in [1.29, 1.82) is 0 Å². The summed E-state index contributed by atoms with van der Waals surface area (Å²) < 4.78 is 5.65. The molecule has 0 spiro atoms. The molecular formula is C29H31N3O3S. The second kappa shape index (κ2) is 9.28. The van der Waals surface area contributed by atoms with Crippen molar-refractivity contribution in [2.75, 3.05) is 12.4 Å². The van der Waals surface area contributed by atoms with Crippen LogP contribution in [-0.2, 0) is 10.5 Å². The molecule has 7 heteroatoms. The molecule has 5 rings (SSSR count). The first-order chi connectivity index (χ1) is 17.2. The van der Waals surface area contributed by atoms with E-state index >= 15 is 0 Å². The summed E-state index contributed by atoms with van der Waals surface area (Å²) in [6.45, 7) is 8.37. The van der Waals surface area contributed by atoms with Crippen LogP contribution in [0.2, 0.25) is 0 Å². The maximum absolute atomic E-state index is 13.6. The average Bonchev–Trinajstić information content (AvgIpc) is 2.81. The molecule has 0 saturated heterocycles. The van der Waals surface area contributed by atoms with Crippen LogP contribution in [0.5, 0.6) is 5.75 Å². The van der Waals surface area contributed by atoms with Crippen LogP contribution in [0.3, 0.4) is 0 Å². The molecule has 0 saturated carbocycles. The smallest absolute Gasteiger partial charge is 0.257 e. The van der Waals surface area contributed by atoms with Gasteiger partial charge in [0.15, 0.2) is 10.9 Å². The van der Waals surface area contributed by atoms with Crippen LogP contribution in [0.1, 0.15) is 60.4 Å². The number of H-pyrrole nitrogens is 1. The lowest BCUT2D eigenvalue weighted by atomic mass is 9.69. The number of allylic oxidation sites excluding steroid dienone is 2. The van der Waals surface area contributed by atoms with Crippen LogP contribution in [-0.4, -0.2) is 22.9 Å². The van der Waals surface area contributed by atoms with Gasteiger partial charge in [0.05, 0.1) is 18.6 Å². The van der Waals surface area contributed by atoms with E-state index in [0.717, 1.165) is 11.3 Å². The fraction of sp³-hybridized carbons (Fsp3) is 0.345. The molecule has 186 valence electrons. The van der Waals surface area contributed by atoms with Crippen LogP contribution < -0.4 is 15.6 Å². The van der Waals surface area contributed by atoms with Crippen molar-refractivity contribution in [3.8, 4) is 5.75 Å². The monoisotopic (exact) mass is 501 g/mol. The molecule has 3 aromatic rings. The zero-order chi connectivity index (χ0) is 25.6. The van der Waals surface area contributed by atoms with E-state index in [1.807, 2.05) is 24.3 Å². The van der Waals surface area contributed by atoms with Gasteiger partial charge in [-0.1, -0.05) is 67.6 Å². The largest absolute Gasteiger partial charge is 0.496 e. The minimum atomic E-state index is -0.536. The van der Waals surface area contributed by atoms with E-state index in [2.05, 4.69) is 56.2 Å². The number of para-hydroxylation sites is 1. The first kappa shape index (κ1) is 24.4. The third kappa shape index (κ3) is 4.48. The van der Waals surface area contributed by atoms with Gasteiger partial charge < -0.3 is 15.0 Å². The number of aryl methyl sites for hydroxylation is 2. The number of nitrogens with one attached hydrogen (secondary N) is 2. The highest BCUT2D eigenvalue weighted by Crippen LogP contribution is 2.49. The molecule has 0 radical (unpaired) electrons. The summed E-state index contributed by atoms with van der Waals surface area (Å²) in [7, 11) is 1.61. The summed E-state index contributed by atoms with van der Waals surface area (Å²) in [4.78, 5) is 34.9. The number of ketones is 1. The summed E-state index contributed by atoms with van der Waals surface area (Å²) >= 11 is 1.50. The minimum Gasteiger partial charge on any atom is -0.496 e. The van der Waals surface area contributed by atoms with E-state index in [4.69, 9.17) is 9.72 Å². The Kier molecular flexibility index (Phi) is 6.29. The third-order valence-corrected chi connectivity index (χ3v) is 7.93. The molecule has 2 N–H and O–H groups in total. The fourth-order valence-corrected chi connectivity index (χ4v) is 6.27. The number of aromatic amines is 1. The predicted octanol–water partition coefficient (Wildman–Crippen LogP) is 5.89. The van der Waals surface area contributed by atoms with Gasteiger partial charge in [0, 0.05) is 29.0 Å².